The van der Waals surface area contributed by atoms with Gasteiger partial charge in [-0.05, 0) is 93.7 Å². The van der Waals surface area contributed by atoms with Gasteiger partial charge in [-0.15, -0.1) is 0 Å². The monoisotopic (exact) mass is 658 g/mol. The summed E-state index contributed by atoms with van der Waals surface area (Å²) in [7, 11) is 5.01. The first-order valence-electron chi connectivity index (χ1n) is 16.2. The van der Waals surface area contributed by atoms with Crippen LogP contribution in [0.3, 0.4) is 0 Å². The number of hydrogen-bond acceptors (Lipinski definition) is 9. The number of halogens is 1. The topological polar surface area (TPSA) is 136 Å². The molecule has 0 aromatic heterocycles. The van der Waals surface area contributed by atoms with E-state index in [9.17, 15) is 23.9 Å². The van der Waals surface area contributed by atoms with Crippen molar-refractivity contribution >= 4 is 40.5 Å². The van der Waals surface area contributed by atoms with Gasteiger partial charge < -0.3 is 25.0 Å². The van der Waals surface area contributed by atoms with Gasteiger partial charge in [0.25, 0.3) is 5.91 Å². The molecule has 48 heavy (non-hydrogen) atoms. The van der Waals surface area contributed by atoms with Gasteiger partial charge >= 0.3 is 5.97 Å². The number of nitrogens with zero attached hydrogens (tertiary/aromatic N) is 4. The highest BCUT2D eigenvalue weighted by Gasteiger charge is 2.32. The molecule has 12 heteroatoms. The summed E-state index contributed by atoms with van der Waals surface area (Å²) in [5.41, 5.74) is 4.58. The molecule has 0 radical (unpaired) electrons. The number of aliphatic imine (C=N–C) groups is 2. The van der Waals surface area contributed by atoms with Crippen LogP contribution in [0.1, 0.15) is 47.2 Å². The number of aryl methyl sites for hydroxylation is 1. The molecule has 1 saturated heterocycles. The Bertz CT molecular complexity index is 1670. The number of rotatable bonds is 11. The number of piperidine rings is 1. The standard InChI is InChI=1S/C36H43FN6O5/c1-22-17-25(41-34-33-27(7-5-6-14-38-34)28(19-40-33)24-8-11-32(48-4)29(37)18-24)9-10-26(22)35(45)43-15-12-23(13-16-43)31(44)20-39-30(36(46)47)21-42(2)3/h6,8-11,14,17-19,23,27,30,39H,5,7,12-13,15-16,20-21H2,1-4H3,(H,38,41)(H,46,47)/b14-6-. The van der Waals surface area contributed by atoms with E-state index in [-0.39, 0.29) is 42.4 Å². The second kappa shape index (κ2) is 15.5. The molecule has 2 aromatic rings. The lowest BCUT2D eigenvalue weighted by Crippen LogP contribution is -2.48. The SMILES string of the molecule is COc1ccc(C2=CN=C3C(Nc4ccc(C(=O)N5CCC(C(=O)CNC(CN(C)C)C(=O)O)CC5)c(C)c4)=N/C=C\CCC23)cc1F. The van der Waals surface area contributed by atoms with Crippen LogP contribution in [0.2, 0.25) is 0 Å². The number of ketones is 1. The van der Waals surface area contributed by atoms with Gasteiger partial charge in [0, 0.05) is 55.1 Å². The number of methoxy groups -OCH3 is 1. The maximum absolute atomic E-state index is 14.5. The number of carboxylic acid groups (broad SMARTS) is 1. The summed E-state index contributed by atoms with van der Waals surface area (Å²) >= 11 is 0. The molecule has 3 heterocycles. The molecule has 3 aliphatic heterocycles. The van der Waals surface area contributed by atoms with E-state index in [1.165, 1.54) is 13.2 Å². The fourth-order valence-electron chi connectivity index (χ4n) is 6.39. The lowest BCUT2D eigenvalue weighted by atomic mass is 9.86. The van der Waals surface area contributed by atoms with Gasteiger partial charge in [-0.25, -0.2) is 9.38 Å². The highest BCUT2D eigenvalue weighted by atomic mass is 19.1. The number of likely N-dealkylation sites (tertiary alicyclic amines) is 1. The van der Waals surface area contributed by atoms with Crippen LogP contribution in [0, 0.1) is 24.6 Å². The van der Waals surface area contributed by atoms with Crippen molar-refractivity contribution in [3.05, 3.63) is 77.4 Å². The van der Waals surface area contributed by atoms with Gasteiger partial charge in [-0.2, -0.15) is 0 Å². The molecule has 2 unspecified atom stereocenters. The maximum atomic E-state index is 14.5. The summed E-state index contributed by atoms with van der Waals surface area (Å²) < 4.78 is 19.6. The number of amidine groups is 1. The number of carbonyl (C=O) groups excluding carboxylic acids is 2. The van der Waals surface area contributed by atoms with Crippen molar-refractivity contribution in [3.8, 4) is 5.75 Å². The molecule has 3 aliphatic rings. The minimum absolute atomic E-state index is 0.0113. The molecule has 2 aromatic carbocycles. The predicted octanol–water partition coefficient (Wildman–Crippen LogP) is 4.40. The lowest BCUT2D eigenvalue weighted by Gasteiger charge is -2.32. The number of anilines is 1. The third-order valence-corrected chi connectivity index (χ3v) is 9.03. The Morgan fingerprint density at radius 1 is 1.10 bits per heavy atom. The quantitative estimate of drug-likeness (QED) is 0.324. The maximum Gasteiger partial charge on any atom is 0.322 e. The molecule has 1 amide bonds. The molecule has 0 saturated carbocycles. The fourth-order valence-corrected chi connectivity index (χ4v) is 6.39. The van der Waals surface area contributed by atoms with E-state index in [1.807, 2.05) is 31.2 Å². The predicted molar refractivity (Wildman–Crippen MR) is 184 cm³/mol. The van der Waals surface area contributed by atoms with Crippen LogP contribution >= 0.6 is 0 Å². The van der Waals surface area contributed by atoms with Crippen molar-refractivity contribution in [1.82, 2.24) is 15.1 Å². The number of aliphatic carboxylic acids is 1. The molecule has 11 nitrogen and oxygen atoms in total. The van der Waals surface area contributed by atoms with Gasteiger partial charge in [0.05, 0.1) is 19.4 Å². The minimum Gasteiger partial charge on any atom is -0.494 e. The summed E-state index contributed by atoms with van der Waals surface area (Å²) in [5.74, 6) is -1.05. The Kier molecular flexibility index (Phi) is 11.2. The summed E-state index contributed by atoms with van der Waals surface area (Å²) in [6.45, 7) is 3.07. The summed E-state index contributed by atoms with van der Waals surface area (Å²) in [6, 6.07) is 9.66. The minimum atomic E-state index is -0.992. The highest BCUT2D eigenvalue weighted by Crippen LogP contribution is 2.36. The van der Waals surface area contributed by atoms with Crippen LogP contribution in [-0.4, -0.2) is 97.5 Å². The number of ether oxygens (including phenoxy) is 1. The highest BCUT2D eigenvalue weighted by molar-refractivity contribution is 6.48. The van der Waals surface area contributed by atoms with Crippen LogP contribution in [0.4, 0.5) is 10.1 Å². The summed E-state index contributed by atoms with van der Waals surface area (Å²) in [6.07, 6.45) is 8.20. The van der Waals surface area contributed by atoms with Crippen molar-refractivity contribution in [2.75, 3.05) is 52.7 Å². The third kappa shape index (κ3) is 8.06. The Hall–Kier alpha value is -4.68. The van der Waals surface area contributed by atoms with E-state index >= 15 is 0 Å². The average Bonchev–Trinajstić information content (AvgIpc) is 3.47. The zero-order valence-corrected chi connectivity index (χ0v) is 27.8. The number of allylic oxidation sites excluding steroid dienone is 2. The van der Waals surface area contributed by atoms with Crippen molar-refractivity contribution < 1.29 is 28.6 Å². The molecule has 0 spiro atoms. The van der Waals surface area contributed by atoms with Gasteiger partial charge in [-0.1, -0.05) is 12.1 Å². The van der Waals surface area contributed by atoms with E-state index in [4.69, 9.17) is 9.73 Å². The van der Waals surface area contributed by atoms with E-state index in [0.29, 0.717) is 37.3 Å². The van der Waals surface area contributed by atoms with Crippen LogP contribution < -0.4 is 15.4 Å². The number of fused-ring (bicyclic) bond motifs is 1. The molecule has 0 bridgehead atoms. The van der Waals surface area contributed by atoms with Crippen LogP contribution in [-0.2, 0) is 9.59 Å². The normalized spacial score (nSPS) is 19.3. The summed E-state index contributed by atoms with van der Waals surface area (Å²) in [4.78, 5) is 50.7. The van der Waals surface area contributed by atoms with Gasteiger partial charge in [0.2, 0.25) is 0 Å². The van der Waals surface area contributed by atoms with Gasteiger partial charge in [-0.3, -0.25) is 24.7 Å². The summed E-state index contributed by atoms with van der Waals surface area (Å²) in [5, 5.41) is 15.7. The number of nitrogens with one attached hydrogen (secondary N) is 2. The van der Waals surface area contributed by atoms with Gasteiger partial charge in [0.15, 0.2) is 17.4 Å². The third-order valence-electron chi connectivity index (χ3n) is 9.03. The zero-order valence-electron chi connectivity index (χ0n) is 27.8. The van der Waals surface area contributed by atoms with Gasteiger partial charge in [0.1, 0.15) is 11.8 Å². The first-order chi connectivity index (χ1) is 23.0. The second-order valence-electron chi connectivity index (χ2n) is 12.7. The molecular weight excluding hydrogens is 615 g/mol. The molecule has 254 valence electrons. The van der Waals surface area contributed by atoms with E-state index in [2.05, 4.69) is 15.6 Å². The van der Waals surface area contributed by atoms with E-state index in [1.54, 1.807) is 48.4 Å². The molecule has 5 rings (SSSR count). The molecular formula is C36H43FN6O5. The van der Waals surface area contributed by atoms with Crippen molar-refractivity contribution in [2.24, 2.45) is 21.8 Å². The first-order valence-corrected chi connectivity index (χ1v) is 16.2. The van der Waals surface area contributed by atoms with Crippen LogP contribution in [0.5, 0.6) is 5.75 Å². The van der Waals surface area contributed by atoms with Crippen molar-refractivity contribution in [2.45, 2.75) is 38.6 Å². The number of carbonyl (C=O) groups is 3. The van der Waals surface area contributed by atoms with Crippen LogP contribution in [0.25, 0.3) is 5.57 Å². The molecule has 2 atom stereocenters. The Balaban J connectivity index is 1.19. The number of benzene rings is 2. The zero-order chi connectivity index (χ0) is 34.4. The lowest BCUT2D eigenvalue weighted by molar-refractivity contribution is -0.140. The number of hydrogen-bond donors (Lipinski definition) is 3. The van der Waals surface area contributed by atoms with E-state index < -0.39 is 17.8 Å². The molecule has 3 N–H and O–H groups in total. The number of Topliss-reactive ketones (excluding diaryl/α,β-unsaturated/α-hetero) is 1. The molecule has 0 aliphatic carbocycles. The Morgan fingerprint density at radius 3 is 2.54 bits per heavy atom. The molecule has 1 fully saturated rings. The Morgan fingerprint density at radius 2 is 1.88 bits per heavy atom. The van der Waals surface area contributed by atoms with Crippen molar-refractivity contribution in [1.29, 1.82) is 0 Å². The fraction of sp³-hybridized carbons (Fsp3) is 0.417. The smallest absolute Gasteiger partial charge is 0.322 e. The average molecular weight is 659 g/mol. The number of amides is 1. The number of likely N-dealkylation sites (N-methyl/N-ethyl adjacent to an activating group) is 1. The van der Waals surface area contributed by atoms with Crippen LogP contribution in [0.15, 0.2) is 64.9 Å². The first kappa shape index (κ1) is 34.6. The van der Waals surface area contributed by atoms with E-state index in [0.717, 1.165) is 40.9 Å². The number of carboxylic acids is 1. The second-order valence-corrected chi connectivity index (χ2v) is 12.7. The largest absolute Gasteiger partial charge is 0.494 e. The Labute approximate surface area is 280 Å². The van der Waals surface area contributed by atoms with Crippen molar-refractivity contribution in [3.63, 3.8) is 0 Å².